The highest BCUT2D eigenvalue weighted by Gasteiger charge is 2.48. The molecule has 2 aromatic rings. The summed E-state index contributed by atoms with van der Waals surface area (Å²) in [6.45, 7) is 4.77. The van der Waals surface area contributed by atoms with Gasteiger partial charge >= 0.3 is 0 Å². The molecule has 0 aromatic heterocycles. The predicted octanol–water partition coefficient (Wildman–Crippen LogP) is 4.87. The number of para-hydroxylation sites is 1. The van der Waals surface area contributed by atoms with Crippen molar-refractivity contribution in [3.05, 3.63) is 66.0 Å². The first-order valence-corrected chi connectivity index (χ1v) is 12.7. The fourth-order valence-electron chi connectivity index (χ4n) is 5.63. The molecule has 190 valence electrons. The molecule has 1 unspecified atom stereocenters. The topological polar surface area (TPSA) is 42.0 Å². The molecule has 0 aliphatic carbocycles. The van der Waals surface area contributed by atoms with Crippen LogP contribution in [-0.4, -0.2) is 61.9 Å². The van der Waals surface area contributed by atoms with Crippen LogP contribution in [0.5, 0.6) is 0 Å². The van der Waals surface area contributed by atoms with Crippen molar-refractivity contribution in [3.63, 3.8) is 0 Å². The highest BCUT2D eigenvalue weighted by molar-refractivity contribution is 5.97. The van der Waals surface area contributed by atoms with Crippen molar-refractivity contribution in [2.45, 2.75) is 50.2 Å². The Balaban J connectivity index is 0.00000289. The van der Waals surface area contributed by atoms with E-state index in [1.807, 2.05) is 6.07 Å². The third-order valence-electron chi connectivity index (χ3n) is 7.74. The van der Waals surface area contributed by atoms with Crippen LogP contribution < -0.4 is 4.90 Å². The lowest BCUT2D eigenvalue weighted by molar-refractivity contribution is -0.168. The van der Waals surface area contributed by atoms with Gasteiger partial charge in [-0.2, -0.15) is 0 Å². The maximum absolute atomic E-state index is 14.8. The van der Waals surface area contributed by atoms with E-state index in [9.17, 15) is 9.18 Å². The minimum Gasteiger partial charge on any atom is -0.381 e. The molecule has 1 spiro atoms. The molecule has 3 aliphatic rings. The second kappa shape index (κ2) is 11.8. The van der Waals surface area contributed by atoms with Gasteiger partial charge in [0.1, 0.15) is 11.9 Å². The molecule has 0 saturated carbocycles. The van der Waals surface area contributed by atoms with Gasteiger partial charge in [0.2, 0.25) is 0 Å². The second-order valence-electron chi connectivity index (χ2n) is 10.0. The molecular weight excluding hydrogens is 467 g/mol. The lowest BCUT2D eigenvalue weighted by Crippen LogP contribution is -2.62. The minimum absolute atomic E-state index is 0. The van der Waals surface area contributed by atoms with Crippen LogP contribution in [-0.2, 0) is 20.7 Å². The maximum atomic E-state index is 14.8. The van der Waals surface area contributed by atoms with Gasteiger partial charge in [0.15, 0.2) is 0 Å². The molecule has 5 nitrogen and oxygen atoms in total. The van der Waals surface area contributed by atoms with Crippen LogP contribution in [0.4, 0.5) is 10.1 Å². The number of anilines is 1. The first-order valence-electron chi connectivity index (χ1n) is 12.7. The van der Waals surface area contributed by atoms with E-state index < -0.39 is 11.7 Å². The zero-order valence-corrected chi connectivity index (χ0v) is 21.1. The van der Waals surface area contributed by atoms with Gasteiger partial charge in [0.25, 0.3) is 5.91 Å². The second-order valence-corrected chi connectivity index (χ2v) is 10.0. The number of nitrogens with zero attached hydrogens (tertiary/aromatic N) is 2. The molecule has 3 heterocycles. The van der Waals surface area contributed by atoms with E-state index in [0.29, 0.717) is 24.6 Å². The Morgan fingerprint density at radius 1 is 0.971 bits per heavy atom. The van der Waals surface area contributed by atoms with Gasteiger partial charge in [0, 0.05) is 32.8 Å². The first-order chi connectivity index (χ1) is 16.6. The van der Waals surface area contributed by atoms with Crippen molar-refractivity contribution >= 4 is 24.0 Å². The molecule has 0 bridgehead atoms. The Labute approximate surface area is 214 Å². The summed E-state index contributed by atoms with van der Waals surface area (Å²) in [4.78, 5) is 17.6. The number of carbonyl (C=O) groups excluding carboxylic acids is 1. The lowest BCUT2D eigenvalue weighted by Gasteiger charge is -2.50. The maximum Gasteiger partial charge on any atom is 0.256 e. The summed E-state index contributed by atoms with van der Waals surface area (Å²) in [6.07, 6.45) is 4.80. The van der Waals surface area contributed by atoms with Crippen molar-refractivity contribution in [2.75, 3.05) is 44.3 Å². The van der Waals surface area contributed by atoms with Gasteiger partial charge in [0.05, 0.1) is 17.8 Å². The average molecular weight is 503 g/mol. The summed E-state index contributed by atoms with van der Waals surface area (Å²) < 4.78 is 26.9. The van der Waals surface area contributed by atoms with Crippen LogP contribution in [0.3, 0.4) is 0 Å². The summed E-state index contributed by atoms with van der Waals surface area (Å²) in [5, 5.41) is 0. The predicted molar refractivity (Wildman–Crippen MR) is 138 cm³/mol. The van der Waals surface area contributed by atoms with Crippen molar-refractivity contribution in [1.82, 2.24) is 4.90 Å². The largest absolute Gasteiger partial charge is 0.381 e. The van der Waals surface area contributed by atoms with Crippen LogP contribution >= 0.6 is 12.4 Å². The average Bonchev–Trinajstić information content (AvgIpc) is 2.88. The number of hydrogen-bond donors (Lipinski definition) is 0. The van der Waals surface area contributed by atoms with Crippen LogP contribution in [0.2, 0.25) is 0 Å². The number of piperidine rings is 1. The fraction of sp³-hybridized carbons (Fsp3) is 0.536. The zero-order valence-electron chi connectivity index (χ0n) is 20.2. The minimum atomic E-state index is -0.521. The van der Waals surface area contributed by atoms with Gasteiger partial charge in [-0.15, -0.1) is 12.4 Å². The number of amides is 1. The quantitative estimate of drug-likeness (QED) is 0.565. The summed E-state index contributed by atoms with van der Waals surface area (Å²) >= 11 is 0. The Morgan fingerprint density at radius 3 is 2.37 bits per heavy atom. The Morgan fingerprint density at radius 2 is 1.66 bits per heavy atom. The summed E-state index contributed by atoms with van der Waals surface area (Å²) in [6, 6.07) is 17.2. The smallest absolute Gasteiger partial charge is 0.256 e. The molecule has 0 radical (unpaired) electrons. The standard InChI is InChI=1S/C28H35FN2O3.ClH/c29-24-8-4-5-9-25(24)31-21-28(34-26(27(31)32)20-23-11-18-33-19-12-23)13-16-30(17-14-28)15-10-22-6-2-1-3-7-22;/h1-9,23,26H,10-21H2;1H. The van der Waals surface area contributed by atoms with Gasteiger partial charge in [-0.05, 0) is 62.1 Å². The molecule has 1 amide bonds. The fourth-order valence-corrected chi connectivity index (χ4v) is 5.63. The van der Waals surface area contributed by atoms with Crippen LogP contribution in [0.25, 0.3) is 0 Å². The molecule has 5 rings (SSSR count). The third-order valence-corrected chi connectivity index (χ3v) is 7.74. The van der Waals surface area contributed by atoms with Gasteiger partial charge < -0.3 is 19.3 Å². The number of likely N-dealkylation sites (tertiary alicyclic amines) is 1. The monoisotopic (exact) mass is 502 g/mol. The van der Waals surface area contributed by atoms with Gasteiger partial charge in [-0.1, -0.05) is 42.5 Å². The molecule has 3 aliphatic heterocycles. The van der Waals surface area contributed by atoms with E-state index in [1.54, 1.807) is 23.1 Å². The van der Waals surface area contributed by atoms with E-state index in [2.05, 4.69) is 29.2 Å². The third kappa shape index (κ3) is 6.23. The lowest BCUT2D eigenvalue weighted by atomic mass is 9.85. The van der Waals surface area contributed by atoms with Crippen molar-refractivity contribution in [2.24, 2.45) is 5.92 Å². The molecule has 7 heteroatoms. The first kappa shape index (κ1) is 26.1. The molecular formula is C28H36ClFN2O3. The van der Waals surface area contributed by atoms with Gasteiger partial charge in [-0.25, -0.2) is 4.39 Å². The Hall–Kier alpha value is -1.99. The summed E-state index contributed by atoms with van der Waals surface area (Å²) in [5.41, 5.74) is 1.30. The SMILES string of the molecule is Cl.O=C1C(CC2CCOCC2)OC2(CCN(CCc3ccccc3)CC2)CN1c1ccccc1F. The van der Waals surface area contributed by atoms with E-state index in [4.69, 9.17) is 9.47 Å². The number of carbonyl (C=O) groups is 1. The van der Waals surface area contributed by atoms with Crippen LogP contribution in [0.15, 0.2) is 54.6 Å². The zero-order chi connectivity index (χ0) is 23.4. The van der Waals surface area contributed by atoms with Crippen molar-refractivity contribution in [1.29, 1.82) is 0 Å². The number of hydrogen-bond acceptors (Lipinski definition) is 4. The Bertz CT molecular complexity index is 962. The van der Waals surface area contributed by atoms with E-state index >= 15 is 0 Å². The number of morpholine rings is 1. The molecule has 0 N–H and O–H groups in total. The number of halogens is 2. The number of ether oxygens (including phenoxy) is 2. The molecule has 35 heavy (non-hydrogen) atoms. The van der Waals surface area contributed by atoms with E-state index in [1.165, 1.54) is 11.6 Å². The number of rotatable bonds is 6. The van der Waals surface area contributed by atoms with E-state index in [-0.39, 0.29) is 24.1 Å². The Kier molecular flexibility index (Phi) is 8.82. The van der Waals surface area contributed by atoms with Crippen LogP contribution in [0, 0.1) is 11.7 Å². The highest BCUT2D eigenvalue weighted by Crippen LogP contribution is 2.38. The van der Waals surface area contributed by atoms with Crippen molar-refractivity contribution < 1.29 is 18.7 Å². The molecule has 3 fully saturated rings. The molecule has 1 atom stereocenters. The normalized spacial score (nSPS) is 23.3. The summed E-state index contributed by atoms with van der Waals surface area (Å²) in [5.74, 6) is -0.0435. The van der Waals surface area contributed by atoms with Crippen LogP contribution in [0.1, 0.15) is 37.7 Å². The van der Waals surface area contributed by atoms with Gasteiger partial charge in [-0.3, -0.25) is 4.79 Å². The highest BCUT2D eigenvalue weighted by atomic mass is 35.5. The molecule has 2 aromatic carbocycles. The van der Waals surface area contributed by atoms with E-state index in [0.717, 1.165) is 65.0 Å². The summed E-state index contributed by atoms with van der Waals surface area (Å²) in [7, 11) is 0. The van der Waals surface area contributed by atoms with Crippen molar-refractivity contribution in [3.8, 4) is 0 Å². The number of benzene rings is 2. The molecule has 3 saturated heterocycles.